The fraction of sp³-hybridized carbons (Fsp3) is 0.286. The maximum atomic E-state index is 8.41. The van der Waals surface area contributed by atoms with Crippen LogP contribution in [0.4, 0.5) is 5.82 Å². The first-order valence-electron chi connectivity index (χ1n) is 3.54. The van der Waals surface area contributed by atoms with Gasteiger partial charge >= 0.3 is 0 Å². The Bertz CT molecular complexity index is 273. The summed E-state index contributed by atoms with van der Waals surface area (Å²) in [4.78, 5) is 0. The van der Waals surface area contributed by atoms with Crippen molar-refractivity contribution in [3.63, 3.8) is 0 Å². The summed E-state index contributed by atoms with van der Waals surface area (Å²) in [5, 5.41) is 18.7. The molecular formula is C7H9N5. The fourth-order valence-corrected chi connectivity index (χ4v) is 0.686. The van der Waals surface area contributed by atoms with E-state index in [-0.39, 0.29) is 0 Å². The van der Waals surface area contributed by atoms with Crippen molar-refractivity contribution in [2.45, 2.75) is 0 Å². The molecule has 5 nitrogen and oxygen atoms in total. The largest absolute Gasteiger partial charge is 0.367 e. The van der Waals surface area contributed by atoms with E-state index in [4.69, 9.17) is 11.0 Å². The van der Waals surface area contributed by atoms with Crippen LogP contribution in [-0.2, 0) is 0 Å². The summed E-state index contributed by atoms with van der Waals surface area (Å²) >= 11 is 0. The molecule has 1 aromatic rings. The molecule has 0 saturated carbocycles. The first-order valence-corrected chi connectivity index (χ1v) is 3.54. The van der Waals surface area contributed by atoms with E-state index >= 15 is 0 Å². The van der Waals surface area contributed by atoms with Crippen LogP contribution >= 0.6 is 0 Å². The van der Waals surface area contributed by atoms with Crippen molar-refractivity contribution in [2.75, 3.05) is 18.4 Å². The maximum absolute atomic E-state index is 8.41. The molecule has 1 heterocycles. The lowest BCUT2D eigenvalue weighted by molar-refractivity contribution is 0.962. The number of hydrogen-bond acceptors (Lipinski definition) is 5. The lowest BCUT2D eigenvalue weighted by Gasteiger charge is -2.00. The Hall–Kier alpha value is -1.67. The molecule has 0 bridgehead atoms. The van der Waals surface area contributed by atoms with Crippen LogP contribution in [0.25, 0.3) is 0 Å². The molecule has 1 rings (SSSR count). The quantitative estimate of drug-likeness (QED) is 0.639. The summed E-state index contributed by atoms with van der Waals surface area (Å²) < 4.78 is 0. The zero-order chi connectivity index (χ0) is 8.81. The highest BCUT2D eigenvalue weighted by Gasteiger charge is 1.93. The van der Waals surface area contributed by atoms with Crippen molar-refractivity contribution in [3.05, 3.63) is 17.8 Å². The Labute approximate surface area is 70.2 Å². The second-order valence-electron chi connectivity index (χ2n) is 2.13. The molecule has 0 amide bonds. The number of nitrogens with zero attached hydrogens (tertiary/aromatic N) is 3. The molecule has 3 N–H and O–H groups in total. The van der Waals surface area contributed by atoms with Gasteiger partial charge < -0.3 is 11.1 Å². The Morgan fingerprint density at radius 2 is 2.33 bits per heavy atom. The highest BCUT2D eigenvalue weighted by molar-refractivity contribution is 5.34. The minimum atomic E-state index is 0.313. The van der Waals surface area contributed by atoms with Gasteiger partial charge in [0.05, 0.1) is 0 Å². The molecular weight excluding hydrogens is 154 g/mol. The van der Waals surface area contributed by atoms with Crippen molar-refractivity contribution < 1.29 is 0 Å². The summed E-state index contributed by atoms with van der Waals surface area (Å²) in [5.41, 5.74) is 5.58. The molecule has 12 heavy (non-hydrogen) atoms. The van der Waals surface area contributed by atoms with Gasteiger partial charge in [0.2, 0.25) is 0 Å². The van der Waals surface area contributed by atoms with Crippen LogP contribution in [0.2, 0.25) is 0 Å². The third kappa shape index (κ3) is 2.18. The van der Waals surface area contributed by atoms with E-state index in [1.807, 2.05) is 6.07 Å². The Balaban J connectivity index is 2.60. The lowest BCUT2D eigenvalue weighted by atomic mass is 10.4. The Kier molecular flexibility index (Phi) is 2.99. The minimum Gasteiger partial charge on any atom is -0.367 e. The first-order chi connectivity index (χ1) is 5.86. The van der Waals surface area contributed by atoms with Crippen LogP contribution in [0, 0.1) is 11.3 Å². The van der Waals surface area contributed by atoms with E-state index < -0.39 is 0 Å². The average Bonchev–Trinajstić information content (AvgIpc) is 2.15. The van der Waals surface area contributed by atoms with Crippen molar-refractivity contribution in [2.24, 2.45) is 5.73 Å². The van der Waals surface area contributed by atoms with Gasteiger partial charge in [0, 0.05) is 13.1 Å². The summed E-state index contributed by atoms with van der Waals surface area (Å²) in [6.07, 6.45) is 0. The third-order valence-corrected chi connectivity index (χ3v) is 1.23. The topological polar surface area (TPSA) is 87.6 Å². The van der Waals surface area contributed by atoms with Gasteiger partial charge in [-0.1, -0.05) is 0 Å². The molecule has 0 aliphatic heterocycles. The van der Waals surface area contributed by atoms with Gasteiger partial charge in [-0.2, -0.15) is 5.26 Å². The third-order valence-electron chi connectivity index (χ3n) is 1.23. The lowest BCUT2D eigenvalue weighted by Crippen LogP contribution is -2.14. The Morgan fingerprint density at radius 3 is 2.83 bits per heavy atom. The van der Waals surface area contributed by atoms with E-state index in [9.17, 15) is 0 Å². The fourth-order valence-electron chi connectivity index (χ4n) is 0.686. The number of nitrogens with one attached hydrogen (secondary N) is 1. The standard InChI is InChI=1S/C7H9N5/c8-3-4-10-7-2-1-6(5-9)11-12-7/h1-2H,3-4,8H2,(H,10,12). The Morgan fingerprint density at radius 1 is 1.50 bits per heavy atom. The molecule has 62 valence electrons. The van der Waals surface area contributed by atoms with E-state index in [1.165, 1.54) is 0 Å². The molecule has 0 unspecified atom stereocenters. The minimum absolute atomic E-state index is 0.313. The molecule has 0 atom stereocenters. The van der Waals surface area contributed by atoms with E-state index in [2.05, 4.69) is 15.5 Å². The SMILES string of the molecule is N#Cc1ccc(NCCN)nn1. The van der Waals surface area contributed by atoms with Crippen LogP contribution in [-0.4, -0.2) is 23.3 Å². The van der Waals surface area contributed by atoms with Gasteiger partial charge in [0.15, 0.2) is 5.69 Å². The molecule has 0 saturated heterocycles. The zero-order valence-corrected chi connectivity index (χ0v) is 6.49. The summed E-state index contributed by atoms with van der Waals surface area (Å²) in [5.74, 6) is 0.638. The first kappa shape index (κ1) is 8.43. The predicted octanol–water partition coefficient (Wildman–Crippen LogP) is -0.281. The predicted molar refractivity (Wildman–Crippen MR) is 44.3 cm³/mol. The molecule has 0 aliphatic rings. The summed E-state index contributed by atoms with van der Waals surface area (Å²) in [6, 6.07) is 5.18. The van der Waals surface area contributed by atoms with E-state index in [1.54, 1.807) is 12.1 Å². The number of hydrogen-bond donors (Lipinski definition) is 2. The van der Waals surface area contributed by atoms with Crippen LogP contribution in [0.1, 0.15) is 5.69 Å². The van der Waals surface area contributed by atoms with E-state index in [0.717, 1.165) is 0 Å². The second-order valence-corrected chi connectivity index (χ2v) is 2.13. The number of nitrogens with two attached hydrogens (primary N) is 1. The van der Waals surface area contributed by atoms with Crippen LogP contribution in [0.3, 0.4) is 0 Å². The van der Waals surface area contributed by atoms with Gasteiger partial charge in [-0.25, -0.2) is 0 Å². The molecule has 5 heteroatoms. The van der Waals surface area contributed by atoms with Crippen LogP contribution in [0.15, 0.2) is 12.1 Å². The highest BCUT2D eigenvalue weighted by Crippen LogP contribution is 1.99. The number of rotatable bonds is 3. The van der Waals surface area contributed by atoms with Crippen LogP contribution in [0.5, 0.6) is 0 Å². The van der Waals surface area contributed by atoms with E-state index in [0.29, 0.717) is 24.6 Å². The summed E-state index contributed by atoms with van der Waals surface area (Å²) in [6.45, 7) is 1.20. The number of anilines is 1. The van der Waals surface area contributed by atoms with Gasteiger partial charge in [0.1, 0.15) is 11.9 Å². The molecule has 0 aromatic carbocycles. The van der Waals surface area contributed by atoms with Gasteiger partial charge in [-0.05, 0) is 12.1 Å². The van der Waals surface area contributed by atoms with Crippen molar-refractivity contribution in [1.29, 1.82) is 5.26 Å². The van der Waals surface area contributed by atoms with Crippen LogP contribution < -0.4 is 11.1 Å². The number of aromatic nitrogens is 2. The smallest absolute Gasteiger partial charge is 0.163 e. The van der Waals surface area contributed by atoms with Crippen molar-refractivity contribution in [1.82, 2.24) is 10.2 Å². The molecule has 0 spiro atoms. The maximum Gasteiger partial charge on any atom is 0.163 e. The van der Waals surface area contributed by atoms with Crippen molar-refractivity contribution >= 4 is 5.82 Å². The molecule has 0 radical (unpaired) electrons. The summed E-state index contributed by atoms with van der Waals surface area (Å²) in [7, 11) is 0. The van der Waals surface area contributed by atoms with Gasteiger partial charge in [-0.3, -0.25) is 0 Å². The monoisotopic (exact) mass is 163 g/mol. The average molecular weight is 163 g/mol. The van der Waals surface area contributed by atoms with Gasteiger partial charge in [0.25, 0.3) is 0 Å². The second kappa shape index (κ2) is 4.26. The highest BCUT2D eigenvalue weighted by atomic mass is 15.2. The zero-order valence-electron chi connectivity index (χ0n) is 6.49. The number of nitriles is 1. The van der Waals surface area contributed by atoms with Gasteiger partial charge in [-0.15, -0.1) is 10.2 Å². The van der Waals surface area contributed by atoms with Crippen molar-refractivity contribution in [3.8, 4) is 6.07 Å². The normalized spacial score (nSPS) is 9.00. The molecule has 0 aliphatic carbocycles. The molecule has 1 aromatic heterocycles. The molecule has 0 fully saturated rings.